The van der Waals surface area contributed by atoms with Gasteiger partial charge in [-0.3, -0.25) is 13.8 Å². The molecule has 0 radical (unpaired) electrons. The van der Waals surface area contributed by atoms with E-state index in [0.29, 0.717) is 102 Å². The first-order chi connectivity index (χ1) is 55.8. The Bertz CT molecular complexity index is 3180. The van der Waals surface area contributed by atoms with Crippen LogP contribution in [-0.4, -0.2) is 252 Å². The van der Waals surface area contributed by atoms with Crippen LogP contribution in [0.4, 0.5) is 4.70 Å². The minimum absolute atomic E-state index is 0. The Balaban J connectivity index is -0.000000174. The number of nitrogens with zero attached hydrogens (tertiary/aromatic N) is 4. The van der Waals surface area contributed by atoms with Crippen LogP contribution < -0.4 is 16.5 Å². The van der Waals surface area contributed by atoms with Gasteiger partial charge in [0.2, 0.25) is 7.65 Å². The third-order valence-corrected chi connectivity index (χ3v) is 43.7. The highest BCUT2D eigenvalue weighted by Gasteiger charge is 2.50. The van der Waals surface area contributed by atoms with E-state index in [0.717, 1.165) is 41.1 Å². The zero-order valence-electron chi connectivity index (χ0n) is 82.0. The van der Waals surface area contributed by atoms with E-state index in [4.69, 9.17) is 73.8 Å². The number of hydrogen-bond donors (Lipinski definition) is 5. The highest BCUT2D eigenvalue weighted by molar-refractivity contribution is 7.78. The van der Waals surface area contributed by atoms with E-state index >= 15 is 0 Å². The predicted octanol–water partition coefficient (Wildman–Crippen LogP) is 23.2. The van der Waals surface area contributed by atoms with E-state index in [1.165, 1.54) is 51.7 Å². The van der Waals surface area contributed by atoms with Gasteiger partial charge in [0.05, 0.1) is 44.8 Å². The number of carbonyl (C=O) groups is 1. The summed E-state index contributed by atoms with van der Waals surface area (Å²) in [5, 5.41) is 53.4. The highest BCUT2D eigenvalue weighted by Crippen LogP contribution is 2.62. The summed E-state index contributed by atoms with van der Waals surface area (Å²) in [4.78, 5) is 10.1. The van der Waals surface area contributed by atoms with Crippen molar-refractivity contribution in [2.75, 3.05) is 167 Å². The molecule has 0 saturated carbocycles. The SMILES string of the molecule is C1CCOC1.CC(C)(C)[Si](C)(C)OCC/C=C/P(C)(C)=O.CC(C)(C)[Si](C)(C)OCCC=O.CC(C)(C)[Si](OCCCO)(c1ccccc1)c1ccccc1.CC(C)N(C(C)C)P(Cl)OCCC#N.CC(C)N(C(C)C)P(OCCC#N)OCC/C=C/P(C)(C)=O.COP(=O)(CP(=O)(OC)OC)OC.CP(C)(=O)/C=C/CCO.CPC.F.N.OCCCO. The second-order valence-corrected chi connectivity index (χ2v) is 66.9. The highest BCUT2D eigenvalue weighted by atomic mass is 35.7. The maximum Gasteiger partial charge on any atom is 0.342 e. The van der Waals surface area contributed by atoms with Gasteiger partial charge in [-0.15, -0.1) is 8.58 Å². The lowest BCUT2D eigenvalue weighted by molar-refractivity contribution is -0.108. The fourth-order valence-electron chi connectivity index (χ4n) is 9.17. The van der Waals surface area contributed by atoms with Crippen LogP contribution >= 0.6 is 72.6 Å². The molecule has 123 heavy (non-hydrogen) atoms. The van der Waals surface area contributed by atoms with Gasteiger partial charge in [-0.1, -0.05) is 141 Å². The molecule has 39 heteroatoms. The molecule has 2 aromatic rings. The van der Waals surface area contributed by atoms with Gasteiger partial charge in [-0.25, -0.2) is 9.34 Å². The van der Waals surface area contributed by atoms with Gasteiger partial charge in [0.15, 0.2) is 22.5 Å². The molecule has 1 fully saturated rings. The molecule has 1 aliphatic heterocycles. The zero-order valence-corrected chi connectivity index (χ0v) is 93.0. The molecular weight excluding hydrogens is 1800 g/mol. The Labute approximate surface area is 760 Å². The van der Waals surface area contributed by atoms with Crippen molar-refractivity contribution in [2.24, 2.45) is 0 Å². The predicted molar refractivity (Wildman–Crippen MR) is 536 cm³/mol. The third-order valence-electron chi connectivity index (χ3n) is 17.2. The average Bonchev–Trinajstić information content (AvgIpc) is 1.01. The maximum atomic E-state index is 11.6. The lowest BCUT2D eigenvalue weighted by Gasteiger charge is -2.43. The smallest absolute Gasteiger partial charge is 0.342 e. The molecule has 26 nitrogen and oxygen atoms in total. The minimum atomic E-state index is -3.35. The first-order valence-electron chi connectivity index (χ1n) is 41.4. The molecule has 0 amide bonds. The van der Waals surface area contributed by atoms with Crippen molar-refractivity contribution in [1.82, 2.24) is 15.5 Å². The van der Waals surface area contributed by atoms with Crippen LogP contribution in [0.5, 0.6) is 0 Å². The van der Waals surface area contributed by atoms with Crippen molar-refractivity contribution >= 4 is 114 Å². The summed E-state index contributed by atoms with van der Waals surface area (Å²) in [7, 11) is -14.7. The van der Waals surface area contributed by atoms with E-state index in [2.05, 4.69) is 239 Å². The Morgan fingerprint density at radius 3 is 1.10 bits per heavy atom. The maximum absolute atomic E-state index is 11.6. The molecule has 0 spiro atoms. The lowest BCUT2D eigenvalue weighted by Crippen LogP contribution is -2.66. The second kappa shape index (κ2) is 78.4. The molecule has 0 aromatic heterocycles. The molecule has 1 heterocycles. The van der Waals surface area contributed by atoms with Crippen LogP contribution in [0.3, 0.4) is 0 Å². The Morgan fingerprint density at radius 1 is 0.504 bits per heavy atom. The van der Waals surface area contributed by atoms with Crippen molar-refractivity contribution in [3.8, 4) is 12.1 Å². The second-order valence-electron chi connectivity index (χ2n) is 33.9. The van der Waals surface area contributed by atoms with Crippen LogP contribution in [0.2, 0.25) is 41.3 Å². The molecule has 728 valence electrons. The summed E-state index contributed by atoms with van der Waals surface area (Å²) in [6.45, 7) is 66.2. The molecule has 0 bridgehead atoms. The van der Waals surface area contributed by atoms with Crippen LogP contribution in [0.1, 0.15) is 182 Å². The van der Waals surface area contributed by atoms with Crippen molar-refractivity contribution in [1.29, 1.82) is 10.5 Å². The summed E-state index contributed by atoms with van der Waals surface area (Å²) in [5.74, 6) is 4.86. The number of aldehydes is 1. The molecule has 0 aliphatic carbocycles. The van der Waals surface area contributed by atoms with Crippen molar-refractivity contribution < 1.29 is 102 Å². The summed E-state index contributed by atoms with van der Waals surface area (Å²) in [5.41, 5.74) is 0. The van der Waals surface area contributed by atoms with Crippen LogP contribution in [0, 0.1) is 22.7 Å². The average molecular weight is 1980 g/mol. The molecule has 1 saturated heterocycles. The number of benzene rings is 2. The minimum Gasteiger partial charge on any atom is -0.417 e. The molecule has 2 unspecified atom stereocenters. The van der Waals surface area contributed by atoms with Gasteiger partial charge in [0, 0.05) is 118 Å². The molecule has 7 N–H and O–H groups in total. The Kier molecular flexibility index (Phi) is 89.1. The first-order valence-corrected chi connectivity index (χ1v) is 65.9. The number of rotatable bonds is 43. The van der Waals surface area contributed by atoms with Gasteiger partial charge < -0.3 is 94.7 Å². The fraction of sp³-hybridized carbons (Fsp3) is 0.750. The first kappa shape index (κ1) is 140. The normalized spacial score (nSPS) is 13.3. The van der Waals surface area contributed by atoms with E-state index < -0.39 is 77.7 Å². The van der Waals surface area contributed by atoms with E-state index in [1.54, 1.807) is 57.7 Å². The molecular formula is C84H175ClFN5O21P8Si3. The van der Waals surface area contributed by atoms with Crippen molar-refractivity contribution in [2.45, 2.75) is 247 Å². The summed E-state index contributed by atoms with van der Waals surface area (Å²) >= 11 is 6.13. The largest absolute Gasteiger partial charge is 0.417 e. The van der Waals surface area contributed by atoms with Gasteiger partial charge in [-0.2, -0.15) is 10.5 Å². The summed E-state index contributed by atoms with van der Waals surface area (Å²) < 4.78 is 120. The molecule has 2 aromatic carbocycles. The zero-order chi connectivity index (χ0) is 95.5. The summed E-state index contributed by atoms with van der Waals surface area (Å²) in [6, 6.07) is 26.6. The topological polar surface area (TPSA) is 374 Å². The Morgan fingerprint density at radius 2 is 0.829 bits per heavy atom. The van der Waals surface area contributed by atoms with Crippen LogP contribution in [0.25, 0.3) is 0 Å². The van der Waals surface area contributed by atoms with E-state index in [1.807, 2.05) is 36.2 Å². The number of carbonyl (C=O) groups excluding carboxylic acids is 1. The van der Waals surface area contributed by atoms with Gasteiger partial charge >= 0.3 is 15.2 Å². The van der Waals surface area contributed by atoms with Gasteiger partial charge in [-0.05, 0) is 234 Å². The fourth-order valence-corrected chi connectivity index (χ4v) is 25.7. The standard InChI is InChI=1S/C19H26O2Si.C15H30N2O3P2.C12H27O2PSi.C9H18ClN2OP.C9H20O2Si.C6H13O2P.C5H14O6P2.C4H8O.C3H8O2.C2H7P.FH.H3N/c1-19(2,3)22(21-16-10-15-20,17-11-6-4-7-12-17)18-13-8-5-9-14-18;1-14(2)17(15(3)4)21(20-12-9-10-16)19-11-7-8-13-22(5,6)18;1-12(2,3)16(6,7)14-10-8-9-11-15(4,5)13;1-8(2)12(9(3)4)14(10)13-7-5-6-11;1-9(2,3)12(4,5)11-8-6-7-10;1-9(2,8)6-4-3-5-7;1-8-12(6,9-2)5-13(7,10-3)11-4;1-2-4-5-3-1;4-2-1-3-5;1-3-2;;/h4-9,11-14,20H,10,15-16H2,1-3H3;8,13-15H,7,9,11-12H2,1-6H3;9,11H,8,10H2,1-7H3;8-9H,5,7H2,1-4H3;7H,6,8H2,1-5H3;4,6-7H,3,5H2,1-2H3;5H2,1-4H3;1-4H2;4-5H,1-3H2;3H,1-2H3;1H;1H3/b;13-8+;11-9+;;;6-4+;;;;;;. The number of aliphatic hydroxyl groups is 4. The number of aliphatic hydroxyl groups excluding tert-OH is 4. The van der Waals surface area contributed by atoms with Crippen LogP contribution in [-0.2, 0) is 77.3 Å². The number of hydrogen-bond acceptors (Lipinski definition) is 26. The van der Waals surface area contributed by atoms with Crippen molar-refractivity contribution in [3.05, 3.63) is 96.3 Å². The lowest BCUT2D eigenvalue weighted by atomic mass is 10.2. The number of halogens is 2. The quantitative estimate of drug-likeness (QED) is 0.0178. The third kappa shape index (κ3) is 76.1. The summed E-state index contributed by atoms with van der Waals surface area (Å²) in [6.07, 6.45) is 13.7. The molecule has 1 aliphatic rings. The number of nitriles is 2. The van der Waals surface area contributed by atoms with Crippen molar-refractivity contribution in [3.63, 3.8) is 0 Å². The van der Waals surface area contributed by atoms with Gasteiger partial charge in [0.25, 0.3) is 16.8 Å². The van der Waals surface area contributed by atoms with E-state index in [-0.39, 0.29) is 58.3 Å². The molecule has 3 rings (SSSR count). The van der Waals surface area contributed by atoms with Crippen LogP contribution in [0.15, 0.2) is 96.3 Å². The monoisotopic (exact) mass is 1980 g/mol. The van der Waals surface area contributed by atoms with E-state index in [9.17, 15) is 27.6 Å². The molecule has 2 atom stereocenters. The number of ether oxygens (including phenoxy) is 1. The Hall–Kier alpha value is -1.10. The van der Waals surface area contributed by atoms with Gasteiger partial charge in [0.1, 0.15) is 27.7 Å².